The zero-order valence-electron chi connectivity index (χ0n) is 29.4. The molecule has 1 N–H and O–H groups in total. The van der Waals surface area contributed by atoms with Gasteiger partial charge in [-0.2, -0.15) is 0 Å². The molecule has 0 aromatic rings. The third-order valence-corrected chi connectivity index (χ3v) is 17.4. The van der Waals surface area contributed by atoms with Gasteiger partial charge in [0.15, 0.2) is 0 Å². The van der Waals surface area contributed by atoms with E-state index in [0.717, 1.165) is 18.3 Å². The van der Waals surface area contributed by atoms with Crippen LogP contribution in [0.1, 0.15) is 183 Å². The van der Waals surface area contributed by atoms with Gasteiger partial charge in [0.05, 0.1) is 6.10 Å². The van der Waals surface area contributed by atoms with Crippen molar-refractivity contribution in [2.75, 3.05) is 0 Å². The second kappa shape index (κ2) is 10.7. The lowest BCUT2D eigenvalue weighted by atomic mass is 9.32. The Balaban J connectivity index is 1.28. The molecule has 0 saturated heterocycles. The van der Waals surface area contributed by atoms with Crippen molar-refractivity contribution in [3.63, 3.8) is 0 Å². The summed E-state index contributed by atoms with van der Waals surface area (Å²) in [4.78, 5) is 0. The fourth-order valence-electron chi connectivity index (χ4n) is 15.0. The van der Waals surface area contributed by atoms with E-state index in [1.165, 1.54) is 135 Å². The van der Waals surface area contributed by atoms with E-state index in [-0.39, 0.29) is 27.8 Å². The topological polar surface area (TPSA) is 20.2 Å². The Bertz CT molecular complexity index is 1100. The number of hydrogen-bond donors (Lipinski definition) is 1. The number of allylic oxidation sites excluding steroid dienone is 4. The van der Waals surface area contributed by atoms with Crippen molar-refractivity contribution in [2.45, 2.75) is 189 Å². The molecule has 0 radical (unpaired) electrons. The summed E-state index contributed by atoms with van der Waals surface area (Å²) in [6.45, 7) is 16.2. The van der Waals surface area contributed by atoms with E-state index in [9.17, 15) is 5.11 Å². The van der Waals surface area contributed by atoms with Crippen molar-refractivity contribution in [1.29, 1.82) is 0 Å². The highest BCUT2D eigenvalue weighted by molar-refractivity contribution is 5.50. The highest BCUT2D eigenvalue weighted by atomic mass is 16.3. The summed E-state index contributed by atoms with van der Waals surface area (Å²) < 4.78 is 0. The zero-order chi connectivity index (χ0) is 30.3. The summed E-state index contributed by atoms with van der Waals surface area (Å²) in [5, 5.41) is 12.6. The Kier molecular flexibility index (Phi) is 7.76. The van der Waals surface area contributed by atoms with Gasteiger partial charge < -0.3 is 5.11 Å². The molecule has 0 aromatic heterocycles. The molecule has 7 aliphatic rings. The average Bonchev–Trinajstić information content (AvgIpc) is 3.35. The maximum Gasteiger partial charge on any atom is 0.0610 e. The van der Waals surface area contributed by atoms with E-state index < -0.39 is 0 Å². The fraction of sp³-hybridized carbons (Fsp3) is 0.905. The van der Waals surface area contributed by atoms with Gasteiger partial charge in [0.2, 0.25) is 0 Å². The zero-order valence-corrected chi connectivity index (χ0v) is 29.4. The monoisotopic (exact) mass is 589 g/mol. The van der Waals surface area contributed by atoms with Crippen molar-refractivity contribution in [3.8, 4) is 0 Å². The van der Waals surface area contributed by atoms with E-state index in [4.69, 9.17) is 0 Å². The normalized spacial score (nSPS) is 42.3. The van der Waals surface area contributed by atoms with Crippen LogP contribution in [0.3, 0.4) is 0 Å². The van der Waals surface area contributed by atoms with Gasteiger partial charge in [-0.15, -0.1) is 0 Å². The highest BCUT2D eigenvalue weighted by Gasteiger charge is 2.71. The number of hydrogen-bond acceptors (Lipinski definition) is 1. The molecule has 7 rings (SSSR count). The van der Waals surface area contributed by atoms with Crippen LogP contribution < -0.4 is 0 Å². The fourth-order valence-corrected chi connectivity index (χ4v) is 15.0. The molecular weight excluding hydrogens is 520 g/mol. The first-order chi connectivity index (χ1) is 20.5. The third-order valence-electron chi connectivity index (χ3n) is 17.4. The largest absolute Gasteiger partial charge is 0.392 e. The SMILES string of the molecule is C[C@H]([C@H]1CC=C2C3=C(CC[C@@]21C)[C@@]1(C)CCC(O)C(C2(C)CCCCC2)(C2(C)CCCCC2)C1CC3)C1(C)CCCCC1. The van der Waals surface area contributed by atoms with Crippen LogP contribution in [0, 0.1) is 50.2 Å². The maximum absolute atomic E-state index is 12.6. The molecule has 1 nitrogen and oxygen atoms in total. The van der Waals surface area contributed by atoms with E-state index in [2.05, 4.69) is 47.6 Å². The van der Waals surface area contributed by atoms with Gasteiger partial charge in [-0.25, -0.2) is 0 Å². The molecule has 2 unspecified atom stereocenters. The predicted octanol–water partition coefficient (Wildman–Crippen LogP) is 12.1. The molecule has 4 saturated carbocycles. The predicted molar refractivity (Wildman–Crippen MR) is 182 cm³/mol. The van der Waals surface area contributed by atoms with E-state index in [1.807, 2.05) is 16.7 Å². The average molecular weight is 589 g/mol. The van der Waals surface area contributed by atoms with Crippen molar-refractivity contribution < 1.29 is 5.11 Å². The number of fused-ring (bicyclic) bond motifs is 4. The van der Waals surface area contributed by atoms with E-state index in [1.54, 1.807) is 0 Å². The molecule has 7 aliphatic carbocycles. The molecule has 43 heavy (non-hydrogen) atoms. The van der Waals surface area contributed by atoms with Gasteiger partial charge in [0.25, 0.3) is 0 Å². The van der Waals surface area contributed by atoms with E-state index >= 15 is 0 Å². The van der Waals surface area contributed by atoms with Gasteiger partial charge in [-0.1, -0.05) is 111 Å². The molecule has 6 atom stereocenters. The maximum atomic E-state index is 12.6. The van der Waals surface area contributed by atoms with Crippen molar-refractivity contribution in [2.24, 2.45) is 50.2 Å². The van der Waals surface area contributed by atoms with Gasteiger partial charge in [-0.05, 0) is 139 Å². The lowest BCUT2D eigenvalue weighted by Crippen LogP contribution is -2.68. The molecule has 0 aliphatic heterocycles. The first-order valence-corrected chi connectivity index (χ1v) is 19.6. The Morgan fingerprint density at radius 1 is 0.651 bits per heavy atom. The lowest BCUT2D eigenvalue weighted by molar-refractivity contribution is -0.255. The molecule has 4 fully saturated rings. The van der Waals surface area contributed by atoms with Crippen molar-refractivity contribution in [1.82, 2.24) is 0 Å². The van der Waals surface area contributed by atoms with Crippen molar-refractivity contribution >= 4 is 0 Å². The summed E-state index contributed by atoms with van der Waals surface area (Å²) in [6, 6.07) is 0. The van der Waals surface area contributed by atoms with Crippen LogP contribution in [-0.4, -0.2) is 11.2 Å². The molecule has 0 bridgehead atoms. The van der Waals surface area contributed by atoms with Gasteiger partial charge in [-0.3, -0.25) is 0 Å². The molecule has 242 valence electrons. The minimum absolute atomic E-state index is 0.0593. The van der Waals surface area contributed by atoms with Crippen LogP contribution in [0.5, 0.6) is 0 Å². The Hall–Kier alpha value is -0.560. The lowest BCUT2D eigenvalue weighted by Gasteiger charge is -2.72. The first-order valence-electron chi connectivity index (χ1n) is 19.6. The second-order valence-corrected chi connectivity index (χ2v) is 19.0. The summed E-state index contributed by atoms with van der Waals surface area (Å²) in [5.41, 5.74) is 7.31. The van der Waals surface area contributed by atoms with Gasteiger partial charge in [0.1, 0.15) is 0 Å². The summed E-state index contributed by atoms with van der Waals surface area (Å²) in [7, 11) is 0. The van der Waals surface area contributed by atoms with Crippen LogP contribution in [-0.2, 0) is 0 Å². The van der Waals surface area contributed by atoms with Crippen LogP contribution in [0.4, 0.5) is 0 Å². The summed E-state index contributed by atoms with van der Waals surface area (Å²) in [5.74, 6) is 2.27. The van der Waals surface area contributed by atoms with Crippen LogP contribution in [0.25, 0.3) is 0 Å². The molecule has 1 heteroatoms. The second-order valence-electron chi connectivity index (χ2n) is 19.0. The molecule has 0 heterocycles. The number of aliphatic hydroxyl groups is 1. The summed E-state index contributed by atoms with van der Waals surface area (Å²) in [6.07, 6.45) is 32.5. The smallest absolute Gasteiger partial charge is 0.0610 e. The summed E-state index contributed by atoms with van der Waals surface area (Å²) >= 11 is 0. The molecular formula is C42H68O. The van der Waals surface area contributed by atoms with Gasteiger partial charge >= 0.3 is 0 Å². The first kappa shape index (κ1) is 31.1. The number of aliphatic hydroxyl groups excluding tert-OH is 1. The third kappa shape index (κ3) is 4.23. The molecule has 0 aromatic carbocycles. The molecule has 0 spiro atoms. The highest BCUT2D eigenvalue weighted by Crippen LogP contribution is 2.76. The van der Waals surface area contributed by atoms with Crippen LogP contribution >= 0.6 is 0 Å². The van der Waals surface area contributed by atoms with E-state index in [0.29, 0.717) is 16.7 Å². The number of rotatable bonds is 4. The minimum atomic E-state index is -0.125. The minimum Gasteiger partial charge on any atom is -0.392 e. The Morgan fingerprint density at radius 2 is 1.21 bits per heavy atom. The quantitative estimate of drug-likeness (QED) is 0.346. The molecule has 0 amide bonds. The Morgan fingerprint density at radius 3 is 1.79 bits per heavy atom. The van der Waals surface area contributed by atoms with Crippen molar-refractivity contribution in [3.05, 3.63) is 22.8 Å². The standard InChI is InChI=1S/C42H68O/c1-30(37(2)22-10-7-11-23-37)32-17-18-33-31-16-19-35-41(6,34(31)20-28-40(32,33)5)29-21-36(43)42(35,38(3)24-12-8-13-25-38)39(4)26-14-9-15-27-39/h18,30,32,35-36,43H,7-17,19-29H2,1-6H3/t30-,32-,35?,36?,40-,41-/m1/s1. The van der Waals surface area contributed by atoms with Crippen LogP contribution in [0.2, 0.25) is 0 Å². The van der Waals surface area contributed by atoms with Crippen LogP contribution in [0.15, 0.2) is 22.8 Å². The Labute approximate surface area is 266 Å². The van der Waals surface area contributed by atoms with Gasteiger partial charge in [0, 0.05) is 5.41 Å².